The second-order valence-corrected chi connectivity index (χ2v) is 3.30. The molecule has 1 aromatic heterocycles. The predicted molar refractivity (Wildman–Crippen MR) is 52.4 cm³/mol. The van der Waals surface area contributed by atoms with Crippen LogP contribution in [0, 0.1) is 17.5 Å². The molecule has 1 atom stereocenters. The first-order valence-corrected chi connectivity index (χ1v) is 4.68. The number of hydrogen-bond donors (Lipinski definition) is 1. The molecule has 0 saturated carbocycles. The van der Waals surface area contributed by atoms with Crippen LogP contribution >= 0.6 is 0 Å². The van der Waals surface area contributed by atoms with Crippen LogP contribution in [-0.4, -0.2) is 15.1 Å². The van der Waals surface area contributed by atoms with Gasteiger partial charge in [0.05, 0.1) is 11.9 Å². The van der Waals surface area contributed by atoms with Crippen molar-refractivity contribution in [3.8, 4) is 0 Å². The molecule has 1 heterocycles. The van der Waals surface area contributed by atoms with Crippen molar-refractivity contribution in [1.29, 1.82) is 0 Å². The lowest BCUT2D eigenvalue weighted by Gasteiger charge is -2.11. The van der Waals surface area contributed by atoms with Gasteiger partial charge in [0.2, 0.25) is 0 Å². The average molecular weight is 240 g/mol. The third-order valence-electron chi connectivity index (χ3n) is 2.22. The van der Waals surface area contributed by atoms with E-state index in [1.807, 2.05) is 0 Å². The van der Waals surface area contributed by atoms with Crippen molar-refractivity contribution in [2.45, 2.75) is 6.10 Å². The number of nitrogens with zero attached hydrogens (tertiary/aromatic N) is 2. The Labute approximate surface area is 94.6 Å². The van der Waals surface area contributed by atoms with Gasteiger partial charge >= 0.3 is 0 Å². The second-order valence-electron chi connectivity index (χ2n) is 3.30. The summed E-state index contributed by atoms with van der Waals surface area (Å²) in [4.78, 5) is 7.44. The number of rotatable bonds is 2. The molecule has 1 unspecified atom stereocenters. The minimum Gasteiger partial charge on any atom is -0.382 e. The zero-order valence-electron chi connectivity index (χ0n) is 8.44. The van der Waals surface area contributed by atoms with Crippen LogP contribution in [0.2, 0.25) is 0 Å². The topological polar surface area (TPSA) is 46.0 Å². The molecule has 3 nitrogen and oxygen atoms in total. The van der Waals surface area contributed by atoms with E-state index in [9.17, 15) is 18.3 Å². The van der Waals surface area contributed by atoms with Crippen molar-refractivity contribution in [2.24, 2.45) is 0 Å². The predicted octanol–water partition coefficient (Wildman–Crippen LogP) is 1.98. The SMILES string of the molecule is OC(c1cnccn1)c1ccc(F)c(F)c1F. The Morgan fingerprint density at radius 1 is 1.06 bits per heavy atom. The van der Waals surface area contributed by atoms with Crippen LogP contribution in [0.15, 0.2) is 30.7 Å². The second kappa shape index (κ2) is 4.50. The van der Waals surface area contributed by atoms with E-state index in [0.717, 1.165) is 12.1 Å². The van der Waals surface area contributed by atoms with Gasteiger partial charge in [0.1, 0.15) is 6.10 Å². The molecular formula is C11H7F3N2O. The minimum atomic E-state index is -1.62. The molecule has 0 aliphatic heterocycles. The molecule has 17 heavy (non-hydrogen) atoms. The molecule has 0 fully saturated rings. The number of aromatic nitrogens is 2. The van der Waals surface area contributed by atoms with Crippen molar-refractivity contribution in [1.82, 2.24) is 9.97 Å². The fraction of sp³-hybridized carbons (Fsp3) is 0.0909. The molecule has 2 rings (SSSR count). The number of aliphatic hydroxyl groups is 1. The van der Waals surface area contributed by atoms with E-state index in [2.05, 4.69) is 9.97 Å². The quantitative estimate of drug-likeness (QED) is 0.816. The molecule has 2 aromatic rings. The Morgan fingerprint density at radius 3 is 2.47 bits per heavy atom. The molecule has 0 aliphatic rings. The fourth-order valence-corrected chi connectivity index (χ4v) is 1.36. The van der Waals surface area contributed by atoms with Gasteiger partial charge in [0.15, 0.2) is 17.5 Å². The summed E-state index contributed by atoms with van der Waals surface area (Å²) in [5.41, 5.74) is -0.332. The summed E-state index contributed by atoms with van der Waals surface area (Å²) in [6.45, 7) is 0. The van der Waals surface area contributed by atoms with Crippen LogP contribution < -0.4 is 0 Å². The Balaban J connectivity index is 2.45. The molecule has 0 saturated heterocycles. The van der Waals surface area contributed by atoms with Crippen LogP contribution in [0.3, 0.4) is 0 Å². The summed E-state index contributed by atoms with van der Waals surface area (Å²) in [6.07, 6.45) is 2.40. The highest BCUT2D eigenvalue weighted by atomic mass is 19.2. The Morgan fingerprint density at radius 2 is 1.82 bits per heavy atom. The molecule has 1 N–H and O–H groups in total. The summed E-state index contributed by atoms with van der Waals surface area (Å²) < 4.78 is 39.0. The minimum absolute atomic E-state index is 0.0532. The van der Waals surface area contributed by atoms with Crippen LogP contribution in [0.4, 0.5) is 13.2 Å². The van der Waals surface area contributed by atoms with Crippen LogP contribution in [0.5, 0.6) is 0 Å². The van der Waals surface area contributed by atoms with Gasteiger partial charge in [-0.15, -0.1) is 0 Å². The molecule has 6 heteroatoms. The van der Waals surface area contributed by atoms with E-state index in [4.69, 9.17) is 0 Å². The third kappa shape index (κ3) is 2.12. The monoisotopic (exact) mass is 240 g/mol. The van der Waals surface area contributed by atoms with E-state index in [-0.39, 0.29) is 11.3 Å². The molecule has 88 valence electrons. The molecule has 0 spiro atoms. The molecular weight excluding hydrogens is 233 g/mol. The first-order chi connectivity index (χ1) is 8.11. The first-order valence-electron chi connectivity index (χ1n) is 4.68. The van der Waals surface area contributed by atoms with Gasteiger partial charge in [-0.3, -0.25) is 9.97 Å². The van der Waals surface area contributed by atoms with Crippen molar-refractivity contribution in [2.75, 3.05) is 0 Å². The van der Waals surface area contributed by atoms with Crippen LogP contribution in [-0.2, 0) is 0 Å². The van der Waals surface area contributed by atoms with Crippen molar-refractivity contribution < 1.29 is 18.3 Å². The van der Waals surface area contributed by atoms with E-state index < -0.39 is 23.6 Å². The standard InChI is InChI=1S/C11H7F3N2O/c12-7-2-1-6(9(13)10(7)14)11(17)8-5-15-3-4-16-8/h1-5,11,17H. The van der Waals surface area contributed by atoms with Gasteiger partial charge < -0.3 is 5.11 Å². The highest BCUT2D eigenvalue weighted by Gasteiger charge is 2.21. The van der Waals surface area contributed by atoms with Gasteiger partial charge in [-0.25, -0.2) is 13.2 Å². The highest BCUT2D eigenvalue weighted by Crippen LogP contribution is 2.24. The molecule has 0 aliphatic carbocycles. The van der Waals surface area contributed by atoms with Gasteiger partial charge in [-0.1, -0.05) is 0 Å². The largest absolute Gasteiger partial charge is 0.382 e. The molecule has 0 radical (unpaired) electrons. The number of aliphatic hydroxyl groups excluding tert-OH is 1. The normalized spacial score (nSPS) is 12.5. The summed E-state index contributed by atoms with van der Waals surface area (Å²) >= 11 is 0. The Hall–Kier alpha value is -1.95. The zero-order valence-corrected chi connectivity index (χ0v) is 8.44. The number of halogens is 3. The first kappa shape index (κ1) is 11.5. The highest BCUT2D eigenvalue weighted by molar-refractivity contribution is 5.27. The van der Waals surface area contributed by atoms with E-state index in [1.165, 1.54) is 18.6 Å². The van der Waals surface area contributed by atoms with Crippen molar-refractivity contribution in [3.05, 3.63) is 59.4 Å². The fourth-order valence-electron chi connectivity index (χ4n) is 1.36. The summed E-state index contributed by atoms with van der Waals surface area (Å²) in [5, 5.41) is 9.76. The summed E-state index contributed by atoms with van der Waals surface area (Å²) in [7, 11) is 0. The molecule has 1 aromatic carbocycles. The van der Waals surface area contributed by atoms with Crippen LogP contribution in [0.1, 0.15) is 17.4 Å². The van der Waals surface area contributed by atoms with Crippen molar-refractivity contribution in [3.63, 3.8) is 0 Å². The average Bonchev–Trinajstić information content (AvgIpc) is 2.36. The summed E-state index contributed by atoms with van der Waals surface area (Å²) in [6, 6.07) is 1.71. The number of hydrogen-bond acceptors (Lipinski definition) is 3. The smallest absolute Gasteiger partial charge is 0.194 e. The lowest BCUT2D eigenvalue weighted by Crippen LogP contribution is -2.07. The summed E-state index contributed by atoms with van der Waals surface area (Å²) in [5.74, 6) is -4.36. The zero-order chi connectivity index (χ0) is 12.4. The molecule has 0 bridgehead atoms. The van der Waals surface area contributed by atoms with Crippen LogP contribution in [0.25, 0.3) is 0 Å². The van der Waals surface area contributed by atoms with Gasteiger partial charge in [0.25, 0.3) is 0 Å². The van der Waals surface area contributed by atoms with E-state index >= 15 is 0 Å². The maximum atomic E-state index is 13.4. The Bertz CT molecular complexity index is 534. The lowest BCUT2D eigenvalue weighted by molar-refractivity contribution is 0.207. The Kier molecular flexibility index (Phi) is 3.06. The lowest BCUT2D eigenvalue weighted by atomic mass is 10.1. The van der Waals surface area contributed by atoms with Crippen molar-refractivity contribution >= 4 is 0 Å². The number of benzene rings is 1. The maximum Gasteiger partial charge on any atom is 0.194 e. The van der Waals surface area contributed by atoms with Gasteiger partial charge in [-0.05, 0) is 12.1 Å². The maximum absolute atomic E-state index is 13.4. The van der Waals surface area contributed by atoms with Gasteiger partial charge in [-0.2, -0.15) is 0 Å². The molecule has 0 amide bonds. The third-order valence-corrected chi connectivity index (χ3v) is 2.22. The van der Waals surface area contributed by atoms with Gasteiger partial charge in [0, 0.05) is 18.0 Å². The van der Waals surface area contributed by atoms with E-state index in [1.54, 1.807) is 0 Å². The van der Waals surface area contributed by atoms with E-state index in [0.29, 0.717) is 0 Å².